The summed E-state index contributed by atoms with van der Waals surface area (Å²) in [4.78, 5) is 25.6. The largest absolute Gasteiger partial charge is 0.293 e. The van der Waals surface area contributed by atoms with E-state index < -0.39 is 5.92 Å². The SMILES string of the molecule is CC1=NN(c2ccccc2)C(=O)[C@@H]1C(=O)c1ccc(C(C)(C)C)cc1. The lowest BCUT2D eigenvalue weighted by atomic mass is 9.85. The van der Waals surface area contributed by atoms with Crippen LogP contribution in [0.5, 0.6) is 0 Å². The van der Waals surface area contributed by atoms with E-state index in [0.29, 0.717) is 17.0 Å². The molecule has 0 saturated heterocycles. The molecule has 25 heavy (non-hydrogen) atoms. The van der Waals surface area contributed by atoms with Crippen LogP contribution in [0, 0.1) is 5.92 Å². The van der Waals surface area contributed by atoms with Gasteiger partial charge in [-0.1, -0.05) is 63.2 Å². The van der Waals surface area contributed by atoms with Crippen molar-refractivity contribution in [3.05, 3.63) is 65.7 Å². The zero-order valence-corrected chi connectivity index (χ0v) is 15.0. The van der Waals surface area contributed by atoms with Crippen LogP contribution in [0.1, 0.15) is 43.6 Å². The van der Waals surface area contributed by atoms with E-state index in [0.717, 1.165) is 5.56 Å². The summed E-state index contributed by atoms with van der Waals surface area (Å²) in [5.74, 6) is -1.35. The fraction of sp³-hybridized carbons (Fsp3) is 0.286. The second-order valence-corrected chi connectivity index (χ2v) is 7.35. The molecule has 0 radical (unpaired) electrons. The van der Waals surface area contributed by atoms with E-state index in [1.54, 1.807) is 31.2 Å². The molecule has 4 nitrogen and oxygen atoms in total. The number of hydrazone groups is 1. The number of benzene rings is 2. The maximum absolute atomic E-state index is 12.9. The second-order valence-electron chi connectivity index (χ2n) is 7.35. The number of para-hydroxylation sites is 1. The topological polar surface area (TPSA) is 49.7 Å². The quantitative estimate of drug-likeness (QED) is 0.624. The molecule has 2 aromatic rings. The number of nitrogens with zero attached hydrogens (tertiary/aromatic N) is 2. The Hall–Kier alpha value is -2.75. The molecular weight excluding hydrogens is 312 g/mol. The van der Waals surface area contributed by atoms with Crippen LogP contribution in [0.3, 0.4) is 0 Å². The first-order valence-corrected chi connectivity index (χ1v) is 8.38. The number of Topliss-reactive ketones (excluding diaryl/α,β-unsaturated/α-hetero) is 1. The maximum Gasteiger partial charge on any atom is 0.264 e. The number of amides is 1. The van der Waals surface area contributed by atoms with Crippen LogP contribution in [-0.2, 0) is 10.2 Å². The van der Waals surface area contributed by atoms with E-state index in [2.05, 4.69) is 25.9 Å². The Morgan fingerprint density at radius 2 is 1.60 bits per heavy atom. The van der Waals surface area contributed by atoms with Gasteiger partial charge in [-0.25, -0.2) is 0 Å². The standard InChI is InChI=1S/C21H22N2O2/c1-14-18(20(25)23(22-14)17-8-6-5-7-9-17)19(24)15-10-12-16(13-11-15)21(2,3)4/h5-13,18H,1-4H3/t18-/m0/s1. The van der Waals surface area contributed by atoms with Gasteiger partial charge in [0.2, 0.25) is 0 Å². The van der Waals surface area contributed by atoms with Crippen molar-refractivity contribution < 1.29 is 9.59 Å². The van der Waals surface area contributed by atoms with Crippen molar-refractivity contribution in [3.63, 3.8) is 0 Å². The number of carbonyl (C=O) groups is 2. The minimum Gasteiger partial charge on any atom is -0.293 e. The number of carbonyl (C=O) groups excluding carboxylic acids is 2. The molecule has 0 spiro atoms. The highest BCUT2D eigenvalue weighted by Gasteiger charge is 2.39. The van der Waals surface area contributed by atoms with E-state index in [1.807, 2.05) is 30.3 Å². The van der Waals surface area contributed by atoms with Crippen LogP contribution in [0.2, 0.25) is 0 Å². The zero-order valence-electron chi connectivity index (χ0n) is 15.0. The molecule has 1 aliphatic rings. The molecule has 1 atom stereocenters. The first-order chi connectivity index (χ1) is 11.8. The zero-order chi connectivity index (χ0) is 18.2. The molecule has 2 aromatic carbocycles. The Kier molecular flexibility index (Phi) is 4.29. The average molecular weight is 334 g/mol. The normalized spacial score (nSPS) is 17.6. The molecule has 0 saturated carbocycles. The lowest BCUT2D eigenvalue weighted by Gasteiger charge is -2.19. The molecule has 1 heterocycles. The lowest BCUT2D eigenvalue weighted by molar-refractivity contribution is -0.118. The van der Waals surface area contributed by atoms with Crippen molar-refractivity contribution in [2.24, 2.45) is 11.0 Å². The van der Waals surface area contributed by atoms with Gasteiger partial charge in [0.1, 0.15) is 5.92 Å². The number of anilines is 1. The molecule has 0 bridgehead atoms. The van der Waals surface area contributed by atoms with E-state index in [1.165, 1.54) is 5.01 Å². The van der Waals surface area contributed by atoms with Crippen LogP contribution in [0.4, 0.5) is 5.69 Å². The number of hydrogen-bond donors (Lipinski definition) is 0. The highest BCUT2D eigenvalue weighted by atomic mass is 16.2. The van der Waals surface area contributed by atoms with Gasteiger partial charge < -0.3 is 0 Å². The molecule has 0 fully saturated rings. The summed E-state index contributed by atoms with van der Waals surface area (Å²) < 4.78 is 0. The maximum atomic E-state index is 12.9. The fourth-order valence-corrected chi connectivity index (χ4v) is 2.92. The van der Waals surface area contributed by atoms with Gasteiger partial charge >= 0.3 is 0 Å². The lowest BCUT2D eigenvalue weighted by Crippen LogP contribution is -2.32. The Balaban J connectivity index is 1.86. The smallest absolute Gasteiger partial charge is 0.264 e. The van der Waals surface area contributed by atoms with E-state index >= 15 is 0 Å². The van der Waals surface area contributed by atoms with Crippen LogP contribution in [0.25, 0.3) is 0 Å². The van der Waals surface area contributed by atoms with Crippen LogP contribution < -0.4 is 5.01 Å². The molecule has 3 rings (SSSR count). The van der Waals surface area contributed by atoms with Gasteiger partial charge in [0.25, 0.3) is 5.91 Å². The van der Waals surface area contributed by atoms with E-state index in [4.69, 9.17) is 0 Å². The van der Waals surface area contributed by atoms with Crippen molar-refractivity contribution >= 4 is 23.1 Å². The first-order valence-electron chi connectivity index (χ1n) is 8.38. The predicted molar refractivity (Wildman–Crippen MR) is 100.0 cm³/mol. The number of ketones is 1. The van der Waals surface area contributed by atoms with Crippen molar-refractivity contribution in [2.45, 2.75) is 33.1 Å². The summed E-state index contributed by atoms with van der Waals surface area (Å²) in [5, 5.41) is 5.63. The number of hydrogen-bond acceptors (Lipinski definition) is 3. The highest BCUT2D eigenvalue weighted by Crippen LogP contribution is 2.27. The Bertz CT molecular complexity index is 830. The molecular formula is C21H22N2O2. The average Bonchev–Trinajstić information content (AvgIpc) is 2.89. The van der Waals surface area contributed by atoms with Gasteiger partial charge in [0.15, 0.2) is 5.78 Å². The third-order valence-electron chi connectivity index (χ3n) is 4.43. The van der Waals surface area contributed by atoms with Crippen LogP contribution in [0.15, 0.2) is 59.7 Å². The Labute approximate surface area is 148 Å². The van der Waals surface area contributed by atoms with Gasteiger partial charge in [-0.2, -0.15) is 10.1 Å². The molecule has 1 aliphatic heterocycles. The minimum atomic E-state index is -0.847. The van der Waals surface area contributed by atoms with Crippen molar-refractivity contribution in [2.75, 3.05) is 5.01 Å². The van der Waals surface area contributed by atoms with Crippen molar-refractivity contribution in [1.82, 2.24) is 0 Å². The monoisotopic (exact) mass is 334 g/mol. The number of rotatable bonds is 3. The third kappa shape index (κ3) is 3.25. The first kappa shape index (κ1) is 17.1. The van der Waals surface area contributed by atoms with Crippen molar-refractivity contribution in [3.8, 4) is 0 Å². The van der Waals surface area contributed by atoms with Gasteiger partial charge in [-0.15, -0.1) is 0 Å². The molecule has 1 amide bonds. The molecule has 0 aliphatic carbocycles. The summed E-state index contributed by atoms with van der Waals surface area (Å²) in [6, 6.07) is 16.7. The summed E-state index contributed by atoms with van der Waals surface area (Å²) >= 11 is 0. The van der Waals surface area contributed by atoms with Gasteiger partial charge in [-0.3, -0.25) is 9.59 Å². The molecule has 128 valence electrons. The molecule has 4 heteroatoms. The van der Waals surface area contributed by atoms with Crippen LogP contribution >= 0.6 is 0 Å². The van der Waals surface area contributed by atoms with Crippen LogP contribution in [-0.4, -0.2) is 17.4 Å². The highest BCUT2D eigenvalue weighted by molar-refractivity contribution is 6.30. The molecule has 0 N–H and O–H groups in total. The molecule has 0 unspecified atom stereocenters. The van der Waals surface area contributed by atoms with E-state index in [-0.39, 0.29) is 17.1 Å². The summed E-state index contributed by atoms with van der Waals surface area (Å²) in [6.07, 6.45) is 0. The Morgan fingerprint density at radius 1 is 1.00 bits per heavy atom. The minimum absolute atomic E-state index is 0.0201. The Morgan fingerprint density at radius 3 is 2.16 bits per heavy atom. The van der Waals surface area contributed by atoms with Crippen molar-refractivity contribution in [1.29, 1.82) is 0 Å². The predicted octanol–water partition coefficient (Wildman–Crippen LogP) is 4.21. The summed E-state index contributed by atoms with van der Waals surface area (Å²) in [5.41, 5.74) is 2.91. The summed E-state index contributed by atoms with van der Waals surface area (Å²) in [7, 11) is 0. The third-order valence-corrected chi connectivity index (χ3v) is 4.43. The van der Waals surface area contributed by atoms with Gasteiger partial charge in [-0.05, 0) is 30.0 Å². The second kappa shape index (κ2) is 6.28. The molecule has 0 aromatic heterocycles. The fourth-order valence-electron chi connectivity index (χ4n) is 2.92. The van der Waals surface area contributed by atoms with Gasteiger partial charge in [0.05, 0.1) is 11.4 Å². The van der Waals surface area contributed by atoms with Gasteiger partial charge in [0, 0.05) is 5.56 Å². The summed E-state index contributed by atoms with van der Waals surface area (Å²) in [6.45, 7) is 8.10. The van der Waals surface area contributed by atoms with E-state index in [9.17, 15) is 9.59 Å².